The Morgan fingerprint density at radius 3 is 2.77 bits per heavy atom. The topological polar surface area (TPSA) is 34.9 Å². The predicted molar refractivity (Wildman–Crippen MR) is 89.3 cm³/mol. The van der Waals surface area contributed by atoms with Crippen molar-refractivity contribution in [2.75, 3.05) is 0 Å². The lowest BCUT2D eigenvalue weighted by Crippen LogP contribution is -2.06. The summed E-state index contributed by atoms with van der Waals surface area (Å²) in [4.78, 5) is 12.5. The Morgan fingerprint density at radius 1 is 1.36 bits per heavy atom. The van der Waals surface area contributed by atoms with Gasteiger partial charge < -0.3 is 0 Å². The van der Waals surface area contributed by atoms with Gasteiger partial charge in [-0.25, -0.2) is 0 Å². The molecule has 1 aliphatic carbocycles. The van der Waals surface area contributed by atoms with Gasteiger partial charge in [0.25, 0.3) is 0 Å². The average Bonchev–Trinajstić information content (AvgIpc) is 2.92. The number of nitrogens with zero attached hydrogens (tertiary/aromatic N) is 2. The van der Waals surface area contributed by atoms with Crippen LogP contribution in [0.15, 0.2) is 29.8 Å². The molecule has 0 saturated heterocycles. The van der Waals surface area contributed by atoms with Crippen molar-refractivity contribution in [3.8, 4) is 0 Å². The SMILES string of the molecule is Cc1nn(CC(C)C)c(Cl)c1C=C1Cc2ccccc2C1=O. The van der Waals surface area contributed by atoms with E-state index in [0.717, 1.165) is 34.5 Å². The van der Waals surface area contributed by atoms with Crippen LogP contribution in [0.5, 0.6) is 0 Å². The molecule has 4 heteroatoms. The second-order valence-electron chi connectivity index (χ2n) is 6.20. The van der Waals surface area contributed by atoms with Gasteiger partial charge in [0.1, 0.15) is 5.15 Å². The van der Waals surface area contributed by atoms with Gasteiger partial charge in [-0.05, 0) is 24.5 Å². The Morgan fingerprint density at radius 2 is 2.09 bits per heavy atom. The second-order valence-corrected chi connectivity index (χ2v) is 6.56. The molecule has 2 aromatic rings. The zero-order valence-electron chi connectivity index (χ0n) is 13.1. The van der Waals surface area contributed by atoms with E-state index in [1.165, 1.54) is 0 Å². The lowest BCUT2D eigenvalue weighted by atomic mass is 10.1. The van der Waals surface area contributed by atoms with E-state index in [0.29, 0.717) is 17.5 Å². The number of halogens is 1. The number of carbonyl (C=O) groups is 1. The number of hydrogen-bond donors (Lipinski definition) is 0. The lowest BCUT2D eigenvalue weighted by molar-refractivity contribution is 0.104. The van der Waals surface area contributed by atoms with Crippen molar-refractivity contribution in [3.63, 3.8) is 0 Å². The van der Waals surface area contributed by atoms with E-state index in [1.54, 1.807) is 0 Å². The normalized spacial score (nSPS) is 15.9. The van der Waals surface area contributed by atoms with Crippen LogP contribution in [0.3, 0.4) is 0 Å². The number of hydrogen-bond acceptors (Lipinski definition) is 2. The first kappa shape index (κ1) is 15.0. The van der Waals surface area contributed by atoms with Gasteiger partial charge in [0.15, 0.2) is 5.78 Å². The van der Waals surface area contributed by atoms with E-state index in [-0.39, 0.29) is 5.78 Å². The summed E-state index contributed by atoms with van der Waals surface area (Å²) in [5.41, 5.74) is 4.40. The molecule has 0 N–H and O–H groups in total. The molecule has 22 heavy (non-hydrogen) atoms. The van der Waals surface area contributed by atoms with Gasteiger partial charge in [-0.15, -0.1) is 0 Å². The van der Waals surface area contributed by atoms with E-state index in [9.17, 15) is 4.79 Å². The molecule has 114 valence electrons. The van der Waals surface area contributed by atoms with Crippen molar-refractivity contribution in [1.29, 1.82) is 0 Å². The highest BCUT2D eigenvalue weighted by molar-refractivity contribution is 6.31. The molecule has 0 amide bonds. The maximum atomic E-state index is 12.5. The van der Waals surface area contributed by atoms with Crippen LogP contribution in [-0.4, -0.2) is 15.6 Å². The van der Waals surface area contributed by atoms with Crippen molar-refractivity contribution in [1.82, 2.24) is 9.78 Å². The fourth-order valence-electron chi connectivity index (χ4n) is 2.84. The number of benzene rings is 1. The third-order valence-electron chi connectivity index (χ3n) is 3.90. The van der Waals surface area contributed by atoms with Gasteiger partial charge >= 0.3 is 0 Å². The molecule has 3 rings (SSSR count). The minimum absolute atomic E-state index is 0.0997. The fourth-order valence-corrected chi connectivity index (χ4v) is 3.14. The molecular weight excluding hydrogens is 296 g/mol. The smallest absolute Gasteiger partial charge is 0.189 e. The number of Topliss-reactive ketones (excluding diaryl/α,β-unsaturated/α-hetero) is 1. The maximum absolute atomic E-state index is 12.5. The van der Waals surface area contributed by atoms with Crippen LogP contribution < -0.4 is 0 Å². The largest absolute Gasteiger partial charge is 0.289 e. The Bertz CT molecular complexity index is 771. The third kappa shape index (κ3) is 2.61. The number of ketones is 1. The summed E-state index contributed by atoms with van der Waals surface area (Å²) in [5, 5.41) is 5.11. The molecule has 0 saturated carbocycles. The van der Waals surface area contributed by atoms with E-state index in [4.69, 9.17) is 11.6 Å². The van der Waals surface area contributed by atoms with Crippen molar-refractivity contribution in [2.45, 2.75) is 33.7 Å². The van der Waals surface area contributed by atoms with Gasteiger partial charge in [0, 0.05) is 29.7 Å². The molecule has 0 aliphatic heterocycles. The lowest BCUT2D eigenvalue weighted by Gasteiger charge is -2.05. The van der Waals surface area contributed by atoms with Gasteiger partial charge in [-0.2, -0.15) is 5.10 Å². The summed E-state index contributed by atoms with van der Waals surface area (Å²) >= 11 is 6.46. The predicted octanol–water partition coefficient (Wildman–Crippen LogP) is 4.32. The summed E-state index contributed by atoms with van der Waals surface area (Å²) in [6.07, 6.45) is 2.57. The number of allylic oxidation sites excluding steroid dienone is 1. The molecular formula is C18H19ClN2O. The number of rotatable bonds is 3. The molecule has 0 radical (unpaired) electrons. The monoisotopic (exact) mass is 314 g/mol. The van der Waals surface area contributed by atoms with Crippen LogP contribution in [-0.2, 0) is 13.0 Å². The average molecular weight is 315 g/mol. The number of aromatic nitrogens is 2. The van der Waals surface area contributed by atoms with Gasteiger partial charge in [0.2, 0.25) is 0 Å². The first-order valence-electron chi connectivity index (χ1n) is 7.53. The van der Waals surface area contributed by atoms with Crippen LogP contribution in [0, 0.1) is 12.8 Å². The molecule has 1 aliphatic rings. The van der Waals surface area contributed by atoms with Crippen molar-refractivity contribution in [2.24, 2.45) is 5.92 Å². The molecule has 0 bridgehead atoms. The second kappa shape index (κ2) is 5.73. The third-order valence-corrected chi connectivity index (χ3v) is 4.30. The molecule has 1 aromatic carbocycles. The van der Waals surface area contributed by atoms with Crippen LogP contribution in [0.2, 0.25) is 5.15 Å². The van der Waals surface area contributed by atoms with E-state index in [2.05, 4.69) is 18.9 Å². The van der Waals surface area contributed by atoms with E-state index in [1.807, 2.05) is 41.9 Å². The fraction of sp³-hybridized carbons (Fsp3) is 0.333. The molecule has 1 heterocycles. The van der Waals surface area contributed by atoms with Crippen LogP contribution >= 0.6 is 11.6 Å². The Labute approximate surface area is 135 Å². The van der Waals surface area contributed by atoms with Gasteiger partial charge in [-0.1, -0.05) is 49.7 Å². The highest BCUT2D eigenvalue weighted by Crippen LogP contribution is 2.30. The first-order chi connectivity index (χ1) is 10.5. The summed E-state index contributed by atoms with van der Waals surface area (Å²) < 4.78 is 1.82. The van der Waals surface area contributed by atoms with Crippen LogP contribution in [0.4, 0.5) is 0 Å². The highest BCUT2D eigenvalue weighted by Gasteiger charge is 2.25. The Kier molecular flexibility index (Phi) is 3.92. The number of fused-ring (bicyclic) bond motifs is 1. The molecule has 0 fully saturated rings. The summed E-state index contributed by atoms with van der Waals surface area (Å²) in [7, 11) is 0. The van der Waals surface area contributed by atoms with Crippen molar-refractivity contribution < 1.29 is 4.79 Å². The van der Waals surface area contributed by atoms with Crippen LogP contribution in [0.25, 0.3) is 6.08 Å². The molecule has 0 atom stereocenters. The minimum atomic E-state index is 0.0997. The quantitative estimate of drug-likeness (QED) is 0.791. The Balaban J connectivity index is 1.97. The zero-order valence-corrected chi connectivity index (χ0v) is 13.8. The first-order valence-corrected chi connectivity index (χ1v) is 7.91. The van der Waals surface area contributed by atoms with Crippen LogP contribution in [0.1, 0.15) is 41.0 Å². The van der Waals surface area contributed by atoms with Gasteiger partial charge in [0.05, 0.1) is 5.69 Å². The van der Waals surface area contributed by atoms with Crippen molar-refractivity contribution >= 4 is 23.5 Å². The standard InChI is InChI=1S/C18H19ClN2O/c1-11(2)10-21-18(19)16(12(3)20-21)9-14-8-13-6-4-5-7-15(13)17(14)22/h4-7,9,11H,8,10H2,1-3H3. The number of aryl methyl sites for hydroxylation is 1. The molecule has 3 nitrogen and oxygen atoms in total. The highest BCUT2D eigenvalue weighted by atomic mass is 35.5. The zero-order chi connectivity index (χ0) is 15.9. The number of carbonyl (C=O) groups excluding carboxylic acids is 1. The minimum Gasteiger partial charge on any atom is -0.289 e. The maximum Gasteiger partial charge on any atom is 0.189 e. The summed E-state index contributed by atoms with van der Waals surface area (Å²) in [6.45, 7) is 6.96. The van der Waals surface area contributed by atoms with E-state index < -0.39 is 0 Å². The Hall–Kier alpha value is -1.87. The van der Waals surface area contributed by atoms with Crippen molar-refractivity contribution in [3.05, 3.63) is 57.4 Å². The summed E-state index contributed by atoms with van der Waals surface area (Å²) in [6, 6.07) is 7.76. The van der Waals surface area contributed by atoms with Gasteiger partial charge in [-0.3, -0.25) is 9.48 Å². The summed E-state index contributed by atoms with van der Waals surface area (Å²) in [5.74, 6) is 0.567. The van der Waals surface area contributed by atoms with E-state index >= 15 is 0 Å². The molecule has 0 unspecified atom stereocenters. The molecule has 0 spiro atoms. The molecule has 1 aromatic heterocycles.